The summed E-state index contributed by atoms with van der Waals surface area (Å²) in [4.78, 5) is 14.3. The van der Waals surface area contributed by atoms with Gasteiger partial charge in [-0.05, 0) is 19.1 Å². The molecule has 0 radical (unpaired) electrons. The fraction of sp³-hybridized carbons (Fsp3) is 0.250. The lowest BCUT2D eigenvalue weighted by Crippen LogP contribution is -2.09. The lowest BCUT2D eigenvalue weighted by Gasteiger charge is -2.02. The van der Waals surface area contributed by atoms with Crippen molar-refractivity contribution >= 4 is 11.8 Å². The second-order valence-corrected chi connectivity index (χ2v) is 2.29. The Labute approximate surface area is 74.5 Å². The molecule has 13 heavy (non-hydrogen) atoms. The van der Waals surface area contributed by atoms with Crippen molar-refractivity contribution in [3.63, 3.8) is 0 Å². The molecule has 4 nitrogen and oxygen atoms in total. The zero-order valence-corrected chi connectivity index (χ0v) is 7.08. The monoisotopic (exact) mass is 184 g/mol. The number of carbonyl (C=O) groups excluding carboxylic acids is 1. The highest BCUT2D eigenvalue weighted by molar-refractivity contribution is 5.89. The SMILES string of the molecule is CCOC(=O)c1ccc(N)nc1F. The number of halogens is 1. The topological polar surface area (TPSA) is 65.2 Å². The molecule has 0 fully saturated rings. The normalized spacial score (nSPS) is 9.69. The van der Waals surface area contributed by atoms with Gasteiger partial charge in [0.15, 0.2) is 0 Å². The first-order chi connectivity index (χ1) is 6.15. The third-order valence-corrected chi connectivity index (χ3v) is 1.37. The number of hydrogen-bond donors (Lipinski definition) is 1. The van der Waals surface area contributed by atoms with Gasteiger partial charge >= 0.3 is 5.97 Å². The van der Waals surface area contributed by atoms with Gasteiger partial charge in [-0.1, -0.05) is 0 Å². The average molecular weight is 184 g/mol. The van der Waals surface area contributed by atoms with E-state index in [1.165, 1.54) is 12.1 Å². The van der Waals surface area contributed by atoms with Crippen molar-refractivity contribution in [1.82, 2.24) is 4.98 Å². The van der Waals surface area contributed by atoms with Crippen LogP contribution in [0.25, 0.3) is 0 Å². The van der Waals surface area contributed by atoms with Crippen LogP contribution in [0.1, 0.15) is 17.3 Å². The van der Waals surface area contributed by atoms with E-state index in [2.05, 4.69) is 9.72 Å². The zero-order valence-electron chi connectivity index (χ0n) is 7.08. The molecule has 0 unspecified atom stereocenters. The van der Waals surface area contributed by atoms with E-state index in [9.17, 15) is 9.18 Å². The van der Waals surface area contributed by atoms with Crippen LogP contribution >= 0.6 is 0 Å². The molecule has 0 atom stereocenters. The largest absolute Gasteiger partial charge is 0.462 e. The summed E-state index contributed by atoms with van der Waals surface area (Å²) in [6.45, 7) is 1.84. The van der Waals surface area contributed by atoms with Crippen LogP contribution < -0.4 is 5.73 Å². The number of aromatic nitrogens is 1. The minimum atomic E-state index is -0.904. The molecule has 5 heteroatoms. The minimum Gasteiger partial charge on any atom is -0.462 e. The van der Waals surface area contributed by atoms with E-state index >= 15 is 0 Å². The van der Waals surface area contributed by atoms with Crippen LogP contribution in [-0.4, -0.2) is 17.6 Å². The Morgan fingerprint density at radius 1 is 1.69 bits per heavy atom. The van der Waals surface area contributed by atoms with Crippen molar-refractivity contribution in [2.75, 3.05) is 12.3 Å². The predicted octanol–water partition coefficient (Wildman–Crippen LogP) is 0.980. The highest BCUT2D eigenvalue weighted by atomic mass is 19.1. The summed E-state index contributed by atoms with van der Waals surface area (Å²) < 4.78 is 17.5. The second-order valence-electron chi connectivity index (χ2n) is 2.29. The molecule has 70 valence electrons. The Bertz CT molecular complexity index is 328. The van der Waals surface area contributed by atoms with Crippen LogP contribution in [0.2, 0.25) is 0 Å². The van der Waals surface area contributed by atoms with Gasteiger partial charge in [0.2, 0.25) is 5.95 Å². The van der Waals surface area contributed by atoms with E-state index in [-0.39, 0.29) is 18.0 Å². The van der Waals surface area contributed by atoms with Gasteiger partial charge in [-0.25, -0.2) is 9.78 Å². The number of ether oxygens (including phenoxy) is 1. The van der Waals surface area contributed by atoms with Crippen molar-refractivity contribution in [3.8, 4) is 0 Å². The van der Waals surface area contributed by atoms with Crippen molar-refractivity contribution in [1.29, 1.82) is 0 Å². The van der Waals surface area contributed by atoms with E-state index in [1.54, 1.807) is 6.92 Å². The number of rotatable bonds is 2. The van der Waals surface area contributed by atoms with Gasteiger partial charge in [0.1, 0.15) is 11.4 Å². The van der Waals surface area contributed by atoms with Crippen molar-refractivity contribution < 1.29 is 13.9 Å². The first kappa shape index (κ1) is 9.44. The van der Waals surface area contributed by atoms with Crippen LogP contribution in [0.4, 0.5) is 10.2 Å². The summed E-state index contributed by atoms with van der Waals surface area (Å²) in [7, 11) is 0. The zero-order chi connectivity index (χ0) is 9.84. The standard InChI is InChI=1S/C8H9FN2O2/c1-2-13-8(12)5-3-4-6(10)11-7(5)9/h3-4H,2H2,1H3,(H2,10,11). The Hall–Kier alpha value is -1.65. The molecule has 1 aromatic rings. The average Bonchev–Trinajstić information content (AvgIpc) is 2.04. The van der Waals surface area contributed by atoms with E-state index in [0.717, 1.165) is 0 Å². The second kappa shape index (κ2) is 3.84. The van der Waals surface area contributed by atoms with Crippen molar-refractivity contribution in [3.05, 3.63) is 23.6 Å². The summed E-state index contributed by atoms with van der Waals surface area (Å²) in [5, 5.41) is 0. The number of nitrogen functional groups attached to an aromatic ring is 1. The molecule has 0 amide bonds. The van der Waals surface area contributed by atoms with Gasteiger partial charge in [-0.3, -0.25) is 0 Å². The lowest BCUT2D eigenvalue weighted by molar-refractivity contribution is 0.0520. The molecule has 1 aromatic heterocycles. The number of carbonyl (C=O) groups is 1. The van der Waals surface area contributed by atoms with Crippen LogP contribution in [0.3, 0.4) is 0 Å². The maximum atomic E-state index is 12.9. The third kappa shape index (κ3) is 2.14. The van der Waals surface area contributed by atoms with E-state index < -0.39 is 11.9 Å². The van der Waals surface area contributed by atoms with E-state index in [0.29, 0.717) is 0 Å². The number of nitrogens with two attached hydrogens (primary N) is 1. The van der Waals surface area contributed by atoms with Gasteiger partial charge in [0, 0.05) is 0 Å². The van der Waals surface area contributed by atoms with E-state index in [1.807, 2.05) is 0 Å². The highest BCUT2D eigenvalue weighted by Gasteiger charge is 2.13. The maximum absolute atomic E-state index is 12.9. The van der Waals surface area contributed by atoms with Crippen LogP contribution in [0.5, 0.6) is 0 Å². The predicted molar refractivity (Wildman–Crippen MR) is 44.6 cm³/mol. The summed E-state index contributed by atoms with van der Waals surface area (Å²) in [6.07, 6.45) is 0. The molecular weight excluding hydrogens is 175 g/mol. The number of nitrogens with zero attached hydrogens (tertiary/aromatic N) is 1. The number of anilines is 1. The van der Waals surface area contributed by atoms with E-state index in [4.69, 9.17) is 5.73 Å². The molecule has 0 saturated carbocycles. The van der Waals surface area contributed by atoms with Crippen molar-refractivity contribution in [2.24, 2.45) is 0 Å². The third-order valence-electron chi connectivity index (χ3n) is 1.37. The van der Waals surface area contributed by atoms with Gasteiger partial charge in [-0.2, -0.15) is 4.39 Å². The molecule has 0 aliphatic heterocycles. The molecule has 0 aliphatic carbocycles. The van der Waals surface area contributed by atoms with Gasteiger partial charge < -0.3 is 10.5 Å². The molecule has 2 N–H and O–H groups in total. The Morgan fingerprint density at radius 3 is 2.92 bits per heavy atom. The first-order valence-corrected chi connectivity index (χ1v) is 3.74. The summed E-state index contributed by atoms with van der Waals surface area (Å²) in [5.41, 5.74) is 5.00. The number of esters is 1. The Balaban J connectivity index is 2.95. The molecule has 0 aliphatic rings. The molecule has 1 heterocycles. The molecule has 0 saturated heterocycles. The minimum absolute atomic E-state index is 0.0329. The van der Waals surface area contributed by atoms with Gasteiger partial charge in [-0.15, -0.1) is 0 Å². The van der Waals surface area contributed by atoms with Crippen LogP contribution in [-0.2, 0) is 4.74 Å². The molecule has 1 rings (SSSR count). The van der Waals surface area contributed by atoms with Crippen LogP contribution in [0, 0.1) is 5.95 Å². The maximum Gasteiger partial charge on any atom is 0.342 e. The van der Waals surface area contributed by atoms with Crippen molar-refractivity contribution in [2.45, 2.75) is 6.92 Å². The number of pyridine rings is 1. The molecular formula is C8H9FN2O2. The fourth-order valence-corrected chi connectivity index (χ4v) is 0.809. The first-order valence-electron chi connectivity index (χ1n) is 3.74. The van der Waals surface area contributed by atoms with Gasteiger partial charge in [0.25, 0.3) is 0 Å². The smallest absolute Gasteiger partial charge is 0.342 e. The lowest BCUT2D eigenvalue weighted by atomic mass is 10.3. The summed E-state index contributed by atoms with van der Waals surface area (Å²) in [5.74, 6) is -1.60. The van der Waals surface area contributed by atoms with Gasteiger partial charge in [0.05, 0.1) is 6.61 Å². The molecule has 0 spiro atoms. The highest BCUT2D eigenvalue weighted by Crippen LogP contribution is 2.08. The Morgan fingerprint density at radius 2 is 2.38 bits per heavy atom. The quantitative estimate of drug-likeness (QED) is 0.549. The summed E-state index contributed by atoms with van der Waals surface area (Å²) >= 11 is 0. The fourth-order valence-electron chi connectivity index (χ4n) is 0.809. The summed E-state index contributed by atoms with van der Waals surface area (Å²) in [6, 6.07) is 2.59. The molecule has 0 bridgehead atoms. The Kier molecular flexibility index (Phi) is 2.79. The number of hydrogen-bond acceptors (Lipinski definition) is 4. The van der Waals surface area contributed by atoms with Crippen LogP contribution in [0.15, 0.2) is 12.1 Å². The molecule has 0 aromatic carbocycles.